The van der Waals surface area contributed by atoms with Gasteiger partial charge in [-0.05, 0) is 24.5 Å². The first-order valence-electron chi connectivity index (χ1n) is 7.54. The molecule has 21 heavy (non-hydrogen) atoms. The van der Waals surface area contributed by atoms with E-state index in [0.717, 1.165) is 38.2 Å². The minimum absolute atomic E-state index is 0.527. The third-order valence-corrected chi connectivity index (χ3v) is 3.99. The van der Waals surface area contributed by atoms with Crippen molar-refractivity contribution in [1.82, 2.24) is 9.88 Å². The molecule has 0 radical (unpaired) electrons. The van der Waals surface area contributed by atoms with Gasteiger partial charge in [-0.3, -0.25) is 4.90 Å². The fourth-order valence-electron chi connectivity index (χ4n) is 2.85. The predicted octanol–water partition coefficient (Wildman–Crippen LogP) is 2.74. The van der Waals surface area contributed by atoms with Crippen LogP contribution in [-0.2, 0) is 6.54 Å². The molecule has 0 saturated carbocycles. The van der Waals surface area contributed by atoms with Crippen molar-refractivity contribution in [3.05, 3.63) is 54.2 Å². The van der Waals surface area contributed by atoms with Crippen LogP contribution in [-0.4, -0.2) is 29.0 Å². The number of benzene rings is 1. The van der Waals surface area contributed by atoms with E-state index in [1.807, 2.05) is 12.1 Å². The van der Waals surface area contributed by atoms with Crippen molar-refractivity contribution in [2.75, 3.05) is 24.1 Å². The highest BCUT2D eigenvalue weighted by Crippen LogP contribution is 2.18. The second-order valence-corrected chi connectivity index (χ2v) is 5.65. The Labute approximate surface area is 126 Å². The van der Waals surface area contributed by atoms with E-state index in [4.69, 9.17) is 5.73 Å². The molecule has 1 aromatic carbocycles. The van der Waals surface area contributed by atoms with Gasteiger partial charge >= 0.3 is 0 Å². The number of piperidine rings is 1. The number of likely N-dealkylation sites (tertiary alicyclic amines) is 1. The van der Waals surface area contributed by atoms with E-state index in [1.165, 1.54) is 5.56 Å². The fourth-order valence-corrected chi connectivity index (χ4v) is 2.85. The van der Waals surface area contributed by atoms with E-state index >= 15 is 0 Å². The van der Waals surface area contributed by atoms with Gasteiger partial charge in [-0.1, -0.05) is 30.3 Å². The fraction of sp³-hybridized carbons (Fsp3) is 0.353. The van der Waals surface area contributed by atoms with Gasteiger partial charge in [0.2, 0.25) is 0 Å². The van der Waals surface area contributed by atoms with Crippen molar-refractivity contribution in [3.63, 3.8) is 0 Å². The highest BCUT2D eigenvalue weighted by molar-refractivity contribution is 5.50. The number of rotatable bonds is 4. The lowest BCUT2D eigenvalue weighted by Gasteiger charge is -2.32. The van der Waals surface area contributed by atoms with Gasteiger partial charge < -0.3 is 11.1 Å². The maximum Gasteiger partial charge on any atom is 0.125 e. The van der Waals surface area contributed by atoms with E-state index in [9.17, 15) is 0 Å². The lowest BCUT2D eigenvalue weighted by molar-refractivity contribution is 0.211. The van der Waals surface area contributed by atoms with Crippen LogP contribution in [0.3, 0.4) is 0 Å². The Kier molecular flexibility index (Phi) is 4.36. The number of pyridine rings is 1. The summed E-state index contributed by atoms with van der Waals surface area (Å²) >= 11 is 0. The summed E-state index contributed by atoms with van der Waals surface area (Å²) in [4.78, 5) is 6.54. The molecule has 0 amide bonds. The summed E-state index contributed by atoms with van der Waals surface area (Å²) in [6.45, 7) is 3.32. The molecule has 0 spiro atoms. The summed E-state index contributed by atoms with van der Waals surface area (Å²) in [5.41, 5.74) is 8.18. The van der Waals surface area contributed by atoms with Gasteiger partial charge in [-0.15, -0.1) is 0 Å². The molecule has 1 fully saturated rings. The number of nitrogen functional groups attached to an aromatic ring is 1. The summed E-state index contributed by atoms with van der Waals surface area (Å²) in [7, 11) is 0. The largest absolute Gasteiger partial charge is 0.384 e. The first-order chi connectivity index (χ1) is 10.3. The lowest BCUT2D eigenvalue weighted by atomic mass is 10.0. The molecule has 2 heterocycles. The van der Waals surface area contributed by atoms with E-state index in [-0.39, 0.29) is 0 Å². The van der Waals surface area contributed by atoms with Gasteiger partial charge in [0.1, 0.15) is 5.82 Å². The van der Waals surface area contributed by atoms with Gasteiger partial charge in [-0.2, -0.15) is 0 Å². The third kappa shape index (κ3) is 3.95. The zero-order valence-corrected chi connectivity index (χ0v) is 12.2. The van der Waals surface area contributed by atoms with Crippen LogP contribution in [0, 0.1) is 0 Å². The topological polar surface area (TPSA) is 54.2 Å². The summed E-state index contributed by atoms with van der Waals surface area (Å²) in [6, 6.07) is 15.1. The second kappa shape index (κ2) is 6.59. The predicted molar refractivity (Wildman–Crippen MR) is 87.0 cm³/mol. The quantitative estimate of drug-likeness (QED) is 0.905. The number of hydrogen-bond acceptors (Lipinski definition) is 4. The Morgan fingerprint density at radius 3 is 2.62 bits per heavy atom. The van der Waals surface area contributed by atoms with Crippen LogP contribution in [0.4, 0.5) is 11.5 Å². The van der Waals surface area contributed by atoms with Crippen molar-refractivity contribution in [3.8, 4) is 0 Å². The Bertz CT molecular complexity index is 562. The maximum absolute atomic E-state index is 5.71. The number of anilines is 2. The summed E-state index contributed by atoms with van der Waals surface area (Å²) < 4.78 is 0. The van der Waals surface area contributed by atoms with Crippen molar-refractivity contribution in [2.24, 2.45) is 0 Å². The van der Waals surface area contributed by atoms with Crippen LogP contribution in [0.25, 0.3) is 0 Å². The molecule has 0 bridgehead atoms. The monoisotopic (exact) mass is 282 g/mol. The van der Waals surface area contributed by atoms with Gasteiger partial charge in [0.15, 0.2) is 0 Å². The maximum atomic E-state index is 5.71. The van der Waals surface area contributed by atoms with Gasteiger partial charge in [0, 0.05) is 43.6 Å². The summed E-state index contributed by atoms with van der Waals surface area (Å²) in [5, 5.41) is 3.56. The Hall–Kier alpha value is -2.07. The molecule has 1 aromatic heterocycles. The molecule has 1 aliphatic rings. The number of hydrogen-bond donors (Lipinski definition) is 2. The molecule has 1 saturated heterocycles. The van der Waals surface area contributed by atoms with E-state index in [0.29, 0.717) is 11.9 Å². The second-order valence-electron chi connectivity index (χ2n) is 5.65. The molecule has 0 atom stereocenters. The molecule has 3 rings (SSSR count). The van der Waals surface area contributed by atoms with Crippen LogP contribution in [0.2, 0.25) is 0 Å². The smallest absolute Gasteiger partial charge is 0.125 e. The van der Waals surface area contributed by atoms with Gasteiger partial charge in [0.25, 0.3) is 0 Å². The minimum Gasteiger partial charge on any atom is -0.384 e. The van der Waals surface area contributed by atoms with Crippen LogP contribution in [0.15, 0.2) is 48.7 Å². The van der Waals surface area contributed by atoms with Crippen molar-refractivity contribution >= 4 is 11.5 Å². The minimum atomic E-state index is 0.527. The first-order valence-corrected chi connectivity index (χ1v) is 7.54. The van der Waals surface area contributed by atoms with Crippen LogP contribution >= 0.6 is 0 Å². The molecular weight excluding hydrogens is 260 g/mol. The van der Waals surface area contributed by atoms with E-state index in [1.54, 1.807) is 6.20 Å². The van der Waals surface area contributed by atoms with Crippen LogP contribution in [0.1, 0.15) is 18.4 Å². The molecule has 4 heteroatoms. The molecule has 4 nitrogen and oxygen atoms in total. The molecule has 0 aliphatic carbocycles. The van der Waals surface area contributed by atoms with Gasteiger partial charge in [-0.25, -0.2) is 4.98 Å². The highest BCUT2D eigenvalue weighted by Gasteiger charge is 2.19. The number of nitrogens with one attached hydrogen (secondary N) is 1. The Morgan fingerprint density at radius 1 is 1.14 bits per heavy atom. The standard InChI is InChI=1S/C17H22N4/c18-17-12-16(6-9-19-17)20-15-7-10-21(11-8-15)13-14-4-2-1-3-5-14/h1-6,9,12,15H,7-8,10-11,13H2,(H3,18,19,20). The third-order valence-electron chi connectivity index (χ3n) is 3.99. The average molecular weight is 282 g/mol. The van der Waals surface area contributed by atoms with Crippen LogP contribution < -0.4 is 11.1 Å². The zero-order chi connectivity index (χ0) is 14.5. The Balaban J connectivity index is 1.49. The lowest BCUT2D eigenvalue weighted by Crippen LogP contribution is -2.38. The molecular formula is C17H22N4. The molecule has 2 aromatic rings. The number of nitrogens with zero attached hydrogens (tertiary/aromatic N) is 2. The van der Waals surface area contributed by atoms with E-state index < -0.39 is 0 Å². The summed E-state index contributed by atoms with van der Waals surface area (Å²) in [5.74, 6) is 0.571. The Morgan fingerprint density at radius 2 is 1.90 bits per heavy atom. The van der Waals surface area contributed by atoms with Crippen molar-refractivity contribution in [1.29, 1.82) is 0 Å². The van der Waals surface area contributed by atoms with Crippen molar-refractivity contribution < 1.29 is 0 Å². The number of aromatic nitrogens is 1. The van der Waals surface area contributed by atoms with E-state index in [2.05, 4.69) is 45.5 Å². The van der Waals surface area contributed by atoms with Gasteiger partial charge in [0.05, 0.1) is 0 Å². The SMILES string of the molecule is Nc1cc(NC2CCN(Cc3ccccc3)CC2)ccn1. The average Bonchev–Trinajstić information content (AvgIpc) is 2.50. The zero-order valence-electron chi connectivity index (χ0n) is 12.2. The molecule has 1 aliphatic heterocycles. The van der Waals surface area contributed by atoms with Crippen molar-refractivity contribution in [2.45, 2.75) is 25.4 Å². The molecule has 110 valence electrons. The molecule has 0 unspecified atom stereocenters. The molecule has 3 N–H and O–H groups in total. The highest BCUT2D eigenvalue weighted by atomic mass is 15.1. The summed E-state index contributed by atoms with van der Waals surface area (Å²) in [6.07, 6.45) is 4.08. The normalized spacial score (nSPS) is 16.8. The number of nitrogens with two attached hydrogens (primary N) is 1. The van der Waals surface area contributed by atoms with Crippen LogP contribution in [0.5, 0.6) is 0 Å². The first kappa shape index (κ1) is 13.9.